The number of aliphatic imine (C=N–C) groups is 1. The minimum absolute atomic E-state index is 0.0293. The molecule has 7 heteroatoms. The molecule has 31 heavy (non-hydrogen) atoms. The van der Waals surface area contributed by atoms with Gasteiger partial charge in [-0.25, -0.2) is 0 Å². The third-order valence-corrected chi connectivity index (χ3v) is 5.63. The lowest BCUT2D eigenvalue weighted by atomic mass is 9.99. The lowest BCUT2D eigenvalue weighted by Gasteiger charge is -2.30. The highest BCUT2D eigenvalue weighted by molar-refractivity contribution is 6.16. The highest BCUT2D eigenvalue weighted by Gasteiger charge is 2.28. The second-order valence-electron chi connectivity index (χ2n) is 7.56. The zero-order valence-corrected chi connectivity index (χ0v) is 17.2. The van der Waals surface area contributed by atoms with Crippen molar-refractivity contribution < 1.29 is 18.7 Å². The number of fused-ring (bicyclic) bond motifs is 2. The van der Waals surface area contributed by atoms with Crippen molar-refractivity contribution in [1.82, 2.24) is 5.32 Å². The Balaban J connectivity index is 1.50. The third-order valence-electron chi connectivity index (χ3n) is 5.63. The van der Waals surface area contributed by atoms with Crippen LogP contribution in [0.15, 0.2) is 70.5 Å². The van der Waals surface area contributed by atoms with Crippen molar-refractivity contribution in [2.45, 2.75) is 6.04 Å². The number of carbonyl (C=O) groups is 1. The molecular weight excluding hydrogens is 394 g/mol. The summed E-state index contributed by atoms with van der Waals surface area (Å²) in [6.45, 7) is 2.04. The molecule has 0 bridgehead atoms. The Morgan fingerprint density at radius 3 is 2.65 bits per heavy atom. The molecule has 3 aromatic rings. The summed E-state index contributed by atoms with van der Waals surface area (Å²) < 4.78 is 16.7. The molecule has 7 nitrogen and oxygen atoms in total. The third kappa shape index (κ3) is 3.74. The molecule has 1 N–H and O–H groups in total. The second kappa shape index (κ2) is 8.18. The number of anilines is 1. The van der Waals surface area contributed by atoms with Crippen LogP contribution in [0, 0.1) is 0 Å². The lowest BCUT2D eigenvalue weighted by Crippen LogP contribution is -2.43. The SMILES string of the molecule is CN1c2cc3c(cc2C(c2ccccc2)=NCC1CNC(=O)c1ccoc1)OCCO3. The minimum atomic E-state index is -0.166. The normalized spacial score (nSPS) is 17.4. The first-order valence-corrected chi connectivity index (χ1v) is 10.3. The number of ether oxygens (including phenoxy) is 2. The number of nitrogens with zero attached hydrogens (tertiary/aromatic N) is 2. The van der Waals surface area contributed by atoms with Gasteiger partial charge in [0, 0.05) is 30.8 Å². The Kier molecular flexibility index (Phi) is 5.08. The highest BCUT2D eigenvalue weighted by Crippen LogP contribution is 2.39. The van der Waals surface area contributed by atoms with E-state index in [9.17, 15) is 4.79 Å². The van der Waals surface area contributed by atoms with E-state index in [1.165, 1.54) is 12.5 Å². The quantitative estimate of drug-likeness (QED) is 0.706. The summed E-state index contributed by atoms with van der Waals surface area (Å²) in [4.78, 5) is 19.5. The van der Waals surface area contributed by atoms with Crippen molar-refractivity contribution in [2.75, 3.05) is 38.3 Å². The molecular formula is C24H23N3O4. The van der Waals surface area contributed by atoms with E-state index in [4.69, 9.17) is 18.9 Å². The van der Waals surface area contributed by atoms with E-state index in [0.717, 1.165) is 34.0 Å². The van der Waals surface area contributed by atoms with Crippen LogP contribution in [-0.2, 0) is 0 Å². The molecule has 1 atom stereocenters. The Morgan fingerprint density at radius 2 is 1.90 bits per heavy atom. The molecule has 1 unspecified atom stereocenters. The van der Waals surface area contributed by atoms with E-state index in [2.05, 4.69) is 22.3 Å². The fourth-order valence-corrected chi connectivity index (χ4v) is 3.91. The zero-order valence-electron chi connectivity index (χ0n) is 17.2. The van der Waals surface area contributed by atoms with Crippen LogP contribution in [0.4, 0.5) is 5.69 Å². The first-order valence-electron chi connectivity index (χ1n) is 10.3. The number of carbonyl (C=O) groups excluding carboxylic acids is 1. The number of nitrogens with one attached hydrogen (secondary N) is 1. The molecule has 1 aromatic heterocycles. The van der Waals surface area contributed by atoms with Crippen molar-refractivity contribution in [3.63, 3.8) is 0 Å². The van der Waals surface area contributed by atoms with E-state index in [1.807, 2.05) is 37.4 Å². The molecule has 3 heterocycles. The fraction of sp³-hybridized carbons (Fsp3) is 0.250. The maximum atomic E-state index is 12.4. The molecule has 0 fully saturated rings. The van der Waals surface area contributed by atoms with Crippen LogP contribution in [0.25, 0.3) is 0 Å². The Morgan fingerprint density at radius 1 is 1.13 bits per heavy atom. The molecule has 2 aliphatic rings. The second-order valence-corrected chi connectivity index (χ2v) is 7.56. The lowest BCUT2D eigenvalue weighted by molar-refractivity contribution is 0.0951. The maximum absolute atomic E-state index is 12.4. The van der Waals surface area contributed by atoms with Crippen LogP contribution in [0.2, 0.25) is 0 Å². The van der Waals surface area contributed by atoms with Gasteiger partial charge in [0.1, 0.15) is 19.5 Å². The van der Waals surface area contributed by atoms with Crippen molar-refractivity contribution in [3.8, 4) is 11.5 Å². The van der Waals surface area contributed by atoms with Crippen molar-refractivity contribution in [3.05, 3.63) is 77.7 Å². The molecule has 158 valence electrons. The molecule has 0 radical (unpaired) electrons. The molecule has 2 aliphatic heterocycles. The molecule has 2 aromatic carbocycles. The number of hydrogen-bond donors (Lipinski definition) is 1. The van der Waals surface area contributed by atoms with Crippen molar-refractivity contribution >= 4 is 17.3 Å². The average molecular weight is 417 g/mol. The first-order chi connectivity index (χ1) is 15.2. The summed E-state index contributed by atoms with van der Waals surface area (Å²) in [5, 5.41) is 2.99. The number of benzene rings is 2. The largest absolute Gasteiger partial charge is 0.486 e. The number of rotatable bonds is 4. The monoisotopic (exact) mass is 417 g/mol. The number of furan rings is 1. The first kappa shape index (κ1) is 19.2. The van der Waals surface area contributed by atoms with Gasteiger partial charge < -0.3 is 24.1 Å². The van der Waals surface area contributed by atoms with E-state index in [1.54, 1.807) is 6.07 Å². The topological polar surface area (TPSA) is 76.3 Å². The van der Waals surface area contributed by atoms with E-state index in [0.29, 0.717) is 31.9 Å². The van der Waals surface area contributed by atoms with E-state index < -0.39 is 0 Å². The summed E-state index contributed by atoms with van der Waals surface area (Å²) in [5.74, 6) is 1.29. The highest BCUT2D eigenvalue weighted by atomic mass is 16.6. The fourth-order valence-electron chi connectivity index (χ4n) is 3.91. The van der Waals surface area contributed by atoms with Crippen LogP contribution in [0.3, 0.4) is 0 Å². The zero-order chi connectivity index (χ0) is 21.2. The van der Waals surface area contributed by atoms with Gasteiger partial charge in [-0.3, -0.25) is 9.79 Å². The van der Waals surface area contributed by atoms with Gasteiger partial charge in [-0.1, -0.05) is 30.3 Å². The number of hydrogen-bond acceptors (Lipinski definition) is 6. The van der Waals surface area contributed by atoms with E-state index >= 15 is 0 Å². The van der Waals surface area contributed by atoms with Gasteiger partial charge in [0.15, 0.2) is 11.5 Å². The van der Waals surface area contributed by atoms with Crippen LogP contribution in [0.5, 0.6) is 11.5 Å². The van der Waals surface area contributed by atoms with Gasteiger partial charge >= 0.3 is 0 Å². The van der Waals surface area contributed by atoms with Crippen LogP contribution in [-0.4, -0.2) is 51.0 Å². The molecule has 0 spiro atoms. The average Bonchev–Trinajstić information content (AvgIpc) is 3.32. The molecule has 5 rings (SSSR count). The van der Waals surface area contributed by atoms with E-state index in [-0.39, 0.29) is 11.9 Å². The predicted octanol–water partition coefficient (Wildman–Crippen LogP) is 3.14. The maximum Gasteiger partial charge on any atom is 0.254 e. The summed E-state index contributed by atoms with van der Waals surface area (Å²) in [6, 6.07) is 15.8. The molecule has 0 aliphatic carbocycles. The van der Waals surface area contributed by atoms with Crippen molar-refractivity contribution in [1.29, 1.82) is 0 Å². The van der Waals surface area contributed by atoms with Gasteiger partial charge in [0.05, 0.1) is 35.8 Å². The molecule has 0 saturated carbocycles. The number of amides is 1. The van der Waals surface area contributed by atoms with Gasteiger partial charge in [-0.2, -0.15) is 0 Å². The van der Waals surface area contributed by atoms with Gasteiger partial charge in [-0.05, 0) is 12.1 Å². The smallest absolute Gasteiger partial charge is 0.254 e. The van der Waals surface area contributed by atoms with Gasteiger partial charge in [0.2, 0.25) is 0 Å². The predicted molar refractivity (Wildman–Crippen MR) is 118 cm³/mol. The van der Waals surface area contributed by atoms with Gasteiger partial charge in [0.25, 0.3) is 5.91 Å². The number of likely N-dealkylation sites (N-methyl/N-ethyl adjacent to an activating group) is 1. The summed E-state index contributed by atoms with van der Waals surface area (Å²) in [6.07, 6.45) is 2.93. The Hall–Kier alpha value is -3.74. The van der Waals surface area contributed by atoms with Crippen LogP contribution in [0.1, 0.15) is 21.5 Å². The standard InChI is InChI=1S/C24H23N3O4/c1-27-18(14-26-24(28)17-7-8-29-15-17)13-25-23(16-5-3-2-4-6-16)19-11-21-22(12-20(19)27)31-10-9-30-21/h2-8,11-12,15,18H,9-10,13-14H2,1H3,(H,26,28). The minimum Gasteiger partial charge on any atom is -0.486 e. The Bertz CT molecular complexity index is 1110. The molecule has 0 saturated heterocycles. The van der Waals surface area contributed by atoms with Crippen LogP contribution < -0.4 is 19.7 Å². The van der Waals surface area contributed by atoms with Gasteiger partial charge in [-0.15, -0.1) is 0 Å². The summed E-state index contributed by atoms with van der Waals surface area (Å²) >= 11 is 0. The van der Waals surface area contributed by atoms with Crippen LogP contribution >= 0.6 is 0 Å². The summed E-state index contributed by atoms with van der Waals surface area (Å²) in [5.41, 5.74) is 4.43. The molecule has 1 amide bonds. The summed E-state index contributed by atoms with van der Waals surface area (Å²) in [7, 11) is 2.02. The van der Waals surface area contributed by atoms with Crippen molar-refractivity contribution in [2.24, 2.45) is 4.99 Å². The Labute approximate surface area is 180 Å².